The van der Waals surface area contributed by atoms with Crippen molar-refractivity contribution in [1.82, 2.24) is 39.9 Å². The maximum Gasteiger partial charge on any atom is 0.160 e. The molecule has 10 heteroatoms. The lowest BCUT2D eigenvalue weighted by atomic mass is 9.90. The molecule has 0 spiro atoms. The topological polar surface area (TPSA) is 142 Å². The van der Waals surface area contributed by atoms with Gasteiger partial charge in [-0.05, 0) is 172 Å². The minimum absolute atomic E-state index is 0.188. The minimum Gasteiger partial charge on any atom is -0.398 e. The van der Waals surface area contributed by atoms with Crippen LogP contribution in [0.1, 0.15) is 41.0 Å². The predicted octanol–water partition coefficient (Wildman–Crippen LogP) is 25.8. The Morgan fingerprint density at radius 2 is 0.757 bits per heavy atom. The number of benzene rings is 13. The summed E-state index contributed by atoms with van der Waals surface area (Å²) in [5, 5.41) is 8.47. The fourth-order valence-electron chi connectivity index (χ4n) is 16.3. The van der Waals surface area contributed by atoms with Crippen LogP contribution in [0.2, 0.25) is 0 Å². The highest BCUT2D eigenvalue weighted by molar-refractivity contribution is 6.15. The van der Waals surface area contributed by atoms with Gasteiger partial charge in [-0.3, -0.25) is 24.9 Å². The van der Waals surface area contributed by atoms with Gasteiger partial charge in [0.05, 0.1) is 67.6 Å². The number of aromatic nitrogens is 8. The van der Waals surface area contributed by atoms with Gasteiger partial charge in [-0.15, -0.1) is 0 Å². The Kier molecular flexibility index (Phi) is 17.6. The highest BCUT2D eigenvalue weighted by Crippen LogP contribution is 2.42. The molecule has 0 saturated heterocycles. The first kappa shape index (κ1) is 69.1. The number of rotatable bonds is 15. The molecule has 0 bridgehead atoms. The molecule has 0 radical (unpaired) electrons. The van der Waals surface area contributed by atoms with Crippen molar-refractivity contribution in [3.63, 3.8) is 0 Å². The van der Waals surface area contributed by atoms with Crippen LogP contribution in [0, 0.1) is 13.8 Å². The van der Waals surface area contributed by atoms with Crippen molar-refractivity contribution in [1.29, 1.82) is 0 Å². The molecule has 13 aromatic carbocycles. The molecule has 0 amide bonds. The summed E-state index contributed by atoms with van der Waals surface area (Å²) in [4.78, 5) is 46.9. The number of hydrogen-bond donors (Lipinski definition) is 1. The lowest BCUT2D eigenvalue weighted by Crippen LogP contribution is -2.06. The van der Waals surface area contributed by atoms with E-state index in [4.69, 9.17) is 50.6 Å². The number of fused-ring (bicyclic) bond motifs is 9. The van der Waals surface area contributed by atoms with Crippen LogP contribution in [0.3, 0.4) is 0 Å². The Hall–Kier alpha value is -15.1. The summed E-state index contributed by atoms with van der Waals surface area (Å²) in [6, 6.07) is 121. The van der Waals surface area contributed by atoms with Gasteiger partial charge in [0.2, 0.25) is 0 Å². The molecule has 20 aromatic rings. The second-order valence-electron chi connectivity index (χ2n) is 29.5. The third-order valence-corrected chi connectivity index (χ3v) is 22.1. The summed E-state index contributed by atoms with van der Waals surface area (Å²) in [6.07, 6.45) is 5.75. The minimum atomic E-state index is -0.188. The number of aliphatic imine (C=N–C) groups is 1. The zero-order chi connectivity index (χ0) is 77.0. The van der Waals surface area contributed by atoms with Gasteiger partial charge in [-0.25, -0.2) is 19.9 Å². The first-order valence-corrected chi connectivity index (χ1v) is 38.8. The van der Waals surface area contributed by atoms with Crippen LogP contribution in [0.4, 0.5) is 0 Å². The van der Waals surface area contributed by atoms with Crippen molar-refractivity contribution >= 4 is 87.6 Å². The fourth-order valence-corrected chi connectivity index (χ4v) is 16.3. The third kappa shape index (κ3) is 13.3. The molecular weight excluding hydrogens is 1400 g/mol. The van der Waals surface area contributed by atoms with Gasteiger partial charge in [0.25, 0.3) is 0 Å². The lowest BCUT2D eigenvalue weighted by Gasteiger charge is -2.16. The average Bonchev–Trinajstić information content (AvgIpc) is 0.772. The van der Waals surface area contributed by atoms with Crippen molar-refractivity contribution in [3.05, 3.63) is 392 Å². The average molecular weight is 1470 g/mol. The molecule has 0 fully saturated rings. The highest BCUT2D eigenvalue weighted by Gasteiger charge is 2.21. The van der Waals surface area contributed by atoms with Crippen LogP contribution in [0.5, 0.6) is 0 Å². The quantitative estimate of drug-likeness (QED) is 0.0784. The predicted molar refractivity (Wildman–Crippen MR) is 475 cm³/mol. The van der Waals surface area contributed by atoms with Crippen molar-refractivity contribution in [3.8, 4) is 112 Å². The molecule has 0 saturated carbocycles. The zero-order valence-electron chi connectivity index (χ0n) is 63.3. The van der Waals surface area contributed by atoms with Crippen LogP contribution in [0.25, 0.3) is 194 Å². The van der Waals surface area contributed by atoms with E-state index in [1.807, 2.05) is 60.9 Å². The van der Waals surface area contributed by atoms with Crippen LogP contribution in [-0.4, -0.2) is 45.6 Å². The smallest absolute Gasteiger partial charge is 0.160 e. The van der Waals surface area contributed by atoms with Crippen molar-refractivity contribution in [2.75, 3.05) is 0 Å². The molecule has 1 unspecified atom stereocenters. The Balaban J connectivity index is 0.637. The zero-order valence-corrected chi connectivity index (χ0v) is 63.3. The first-order valence-electron chi connectivity index (χ1n) is 38.8. The van der Waals surface area contributed by atoms with Gasteiger partial charge in [0.15, 0.2) is 5.82 Å². The second-order valence-corrected chi connectivity index (χ2v) is 29.5. The van der Waals surface area contributed by atoms with E-state index in [-0.39, 0.29) is 6.04 Å². The lowest BCUT2D eigenvalue weighted by molar-refractivity contribution is 0.822. The number of hydrogen-bond acceptors (Lipinski definition) is 10. The van der Waals surface area contributed by atoms with E-state index in [0.29, 0.717) is 11.5 Å². The molecule has 7 heterocycles. The first-order chi connectivity index (χ1) is 56.6. The number of allylic oxidation sites excluding steroid dienone is 1. The molecule has 7 aromatic heterocycles. The summed E-state index contributed by atoms with van der Waals surface area (Å²) in [7, 11) is 0. The van der Waals surface area contributed by atoms with Crippen LogP contribution in [0.15, 0.2) is 369 Å². The third-order valence-electron chi connectivity index (χ3n) is 22.1. The van der Waals surface area contributed by atoms with E-state index in [1.165, 1.54) is 0 Å². The van der Waals surface area contributed by atoms with Gasteiger partial charge in [0.1, 0.15) is 0 Å². The van der Waals surface area contributed by atoms with Crippen molar-refractivity contribution in [2.45, 2.75) is 26.8 Å². The number of aryl methyl sites for hydroxylation is 2. The van der Waals surface area contributed by atoms with E-state index >= 15 is 0 Å². The standard InChI is InChI=1S/C105H72N10/c1-64-55-91(68-21-9-5-10-22-68)89-49-43-75-46-51-94(112-101(75)103(89)109-64)70-35-37-72(38-36-70)96(111-66(3)67-19-7-4-8-20-67)62-93(106)84-60-82(59-83(61-84)87-33-15-26-74-31-18-54-108-100(74)87)78-45-48-85-79(57-78)28-16-34-88(85)92-56-65(2)110-104-90(92)50-44-76-47-52-95(113-102(76)104)71-39-41-77(42-40-71)105-114-97(69-23-11-6-12-24-69)63-98(115-105)81-29-13-27-80(58-81)86-32-14-25-73-30-17-53-107-99(73)86/h4-63,66H,106H2,1-3H3/b93-62-,111-96?. The van der Waals surface area contributed by atoms with Gasteiger partial charge in [-0.1, -0.05) is 273 Å². The maximum atomic E-state index is 7.56. The monoisotopic (exact) mass is 1470 g/mol. The summed E-state index contributed by atoms with van der Waals surface area (Å²) in [5.41, 5.74) is 37.7. The van der Waals surface area contributed by atoms with Gasteiger partial charge < -0.3 is 5.73 Å². The summed E-state index contributed by atoms with van der Waals surface area (Å²) < 4.78 is 0. The van der Waals surface area contributed by atoms with Gasteiger partial charge in [0, 0.05) is 101 Å². The largest absolute Gasteiger partial charge is 0.398 e. The molecule has 10 nitrogen and oxygen atoms in total. The molecular formula is C105H72N10. The number of nitrogens with two attached hydrogens (primary N) is 1. The molecule has 20 rings (SSSR count). The van der Waals surface area contributed by atoms with Crippen molar-refractivity contribution in [2.24, 2.45) is 10.7 Å². The molecule has 0 aliphatic carbocycles. The Labute approximate surface area is 665 Å². The number of pyridine rings is 6. The fraction of sp³-hybridized carbons (Fsp3) is 0.0381. The second kappa shape index (κ2) is 29.3. The van der Waals surface area contributed by atoms with Crippen LogP contribution >= 0.6 is 0 Å². The Bertz CT molecular complexity index is 7300. The molecule has 0 aliphatic heterocycles. The van der Waals surface area contributed by atoms with E-state index < -0.39 is 0 Å². The van der Waals surface area contributed by atoms with Gasteiger partial charge in [-0.2, -0.15) is 0 Å². The van der Waals surface area contributed by atoms with Crippen molar-refractivity contribution < 1.29 is 0 Å². The summed E-state index contributed by atoms with van der Waals surface area (Å²) >= 11 is 0. The molecule has 0 aliphatic rings. The molecule has 1 atom stereocenters. The van der Waals surface area contributed by atoms with Gasteiger partial charge >= 0.3 is 0 Å². The number of para-hydroxylation sites is 2. The van der Waals surface area contributed by atoms with E-state index in [9.17, 15) is 0 Å². The normalized spacial score (nSPS) is 12.2. The SMILES string of the molecule is Cc1cc(-c2ccccc2)c2ccc3ccc(-c4ccc(C(/C=C(\N)c5cc(-c6ccc7c(-c8cc(C)nc9c8ccc8ccc(-c%10ccc(-c%11nc(-c%12ccccc%12)cc(-c%12cccc(-c%13cccc%14cccnc%13%14)c%12)n%11)cc%10)nc89)cccc7c6)cc(-c6cccc7cccnc67)c5)=NC(C)c5ccccc5)cc4)nc3c2n1. The maximum absolute atomic E-state index is 7.56. The number of nitrogens with zero attached hydrogens (tertiary/aromatic N) is 9. The van der Waals surface area contributed by atoms with Crippen LogP contribution in [-0.2, 0) is 0 Å². The molecule has 542 valence electrons. The Morgan fingerprint density at radius 1 is 0.287 bits per heavy atom. The summed E-state index contributed by atoms with van der Waals surface area (Å²) in [6.45, 7) is 6.26. The summed E-state index contributed by atoms with van der Waals surface area (Å²) in [5.74, 6) is 0.628. The van der Waals surface area contributed by atoms with E-state index in [0.717, 1.165) is 216 Å². The molecule has 115 heavy (non-hydrogen) atoms. The Morgan fingerprint density at radius 3 is 1.41 bits per heavy atom. The molecule has 2 N–H and O–H groups in total. The van der Waals surface area contributed by atoms with Crippen LogP contribution < -0.4 is 5.73 Å². The highest BCUT2D eigenvalue weighted by atomic mass is 14.9. The van der Waals surface area contributed by atoms with E-state index in [2.05, 4.69) is 324 Å². The van der Waals surface area contributed by atoms with E-state index in [1.54, 1.807) is 0 Å².